The zero-order chi connectivity index (χ0) is 24.1. The van der Waals surface area contributed by atoms with Gasteiger partial charge < -0.3 is 20.3 Å². The maximum Gasteiger partial charge on any atom is 0.408 e. The molecule has 2 atom stereocenters. The van der Waals surface area contributed by atoms with Crippen molar-refractivity contribution < 1.29 is 19.1 Å². The van der Waals surface area contributed by atoms with Gasteiger partial charge in [-0.25, -0.2) is 4.79 Å². The Labute approximate surface area is 198 Å². The highest BCUT2D eigenvalue weighted by Crippen LogP contribution is 2.23. The molecule has 1 aromatic carbocycles. The fraction of sp³-hybridized carbons (Fsp3) is 0.625. The summed E-state index contributed by atoms with van der Waals surface area (Å²) < 4.78 is 5.31. The normalized spacial score (nSPS) is 13.1. The number of carbonyl (C=O) groups is 3. The van der Waals surface area contributed by atoms with Gasteiger partial charge in [-0.15, -0.1) is 0 Å². The molecule has 32 heavy (non-hydrogen) atoms. The minimum Gasteiger partial charge on any atom is -0.444 e. The van der Waals surface area contributed by atoms with E-state index >= 15 is 0 Å². The van der Waals surface area contributed by atoms with Gasteiger partial charge in [0.05, 0.1) is 0 Å². The van der Waals surface area contributed by atoms with Crippen LogP contribution in [0.15, 0.2) is 30.3 Å². The zero-order valence-corrected chi connectivity index (χ0v) is 20.9. The van der Waals surface area contributed by atoms with Crippen molar-refractivity contribution in [3.8, 4) is 0 Å². The van der Waals surface area contributed by atoms with Gasteiger partial charge in [-0.3, -0.25) is 9.59 Å². The number of hydrogen-bond donors (Lipinski definition) is 3. The molecule has 0 saturated heterocycles. The molecule has 8 heteroatoms. The number of rotatable bonds is 12. The molecular formula is C24H39N3O4S. The molecule has 0 fully saturated rings. The number of nitrogens with zero attached hydrogens (tertiary/aromatic N) is 1. The lowest BCUT2D eigenvalue weighted by Gasteiger charge is -2.34. The highest BCUT2D eigenvalue weighted by molar-refractivity contribution is 7.80. The van der Waals surface area contributed by atoms with Gasteiger partial charge in [0.1, 0.15) is 17.7 Å². The largest absolute Gasteiger partial charge is 0.444 e. The minimum absolute atomic E-state index is 0.0830. The highest BCUT2D eigenvalue weighted by atomic mass is 32.1. The van der Waals surface area contributed by atoms with Gasteiger partial charge in [0.2, 0.25) is 11.8 Å². The smallest absolute Gasteiger partial charge is 0.408 e. The number of benzene rings is 1. The summed E-state index contributed by atoms with van der Waals surface area (Å²) in [5.41, 5.74) is 0.0307. The van der Waals surface area contributed by atoms with Crippen molar-refractivity contribution in [1.29, 1.82) is 0 Å². The summed E-state index contributed by atoms with van der Waals surface area (Å²) in [7, 11) is 0. The summed E-state index contributed by atoms with van der Waals surface area (Å²) in [6.45, 7) is 10.3. The van der Waals surface area contributed by atoms with Crippen LogP contribution in [0.3, 0.4) is 0 Å². The lowest BCUT2D eigenvalue weighted by Crippen LogP contribution is -2.54. The van der Waals surface area contributed by atoms with Gasteiger partial charge in [0, 0.05) is 18.8 Å². The third kappa shape index (κ3) is 9.51. The van der Waals surface area contributed by atoms with Crippen molar-refractivity contribution in [2.45, 2.75) is 78.0 Å². The molecular weight excluding hydrogens is 426 g/mol. The minimum atomic E-state index is -0.917. The van der Waals surface area contributed by atoms with E-state index in [-0.39, 0.29) is 17.6 Å². The maximum absolute atomic E-state index is 13.6. The number of carbonyl (C=O) groups excluding carboxylic acids is 3. The molecule has 2 unspecified atom stereocenters. The number of thiol groups is 1. The third-order valence-electron chi connectivity index (χ3n) is 4.71. The van der Waals surface area contributed by atoms with E-state index < -0.39 is 23.8 Å². The number of amides is 3. The first-order valence-electron chi connectivity index (χ1n) is 11.4. The Balaban J connectivity index is 3.22. The van der Waals surface area contributed by atoms with Crippen LogP contribution >= 0.6 is 12.6 Å². The molecule has 7 nitrogen and oxygen atoms in total. The van der Waals surface area contributed by atoms with Crippen LogP contribution in [0.4, 0.5) is 4.79 Å². The van der Waals surface area contributed by atoms with Crippen molar-refractivity contribution in [3.63, 3.8) is 0 Å². The number of ether oxygens (including phenoxy) is 1. The number of hydrogen-bond acceptors (Lipinski definition) is 5. The first-order chi connectivity index (χ1) is 15.1. The molecule has 1 rings (SSSR count). The standard InChI is InChI=1S/C24H39N3O4S/c1-6-8-15-25-21(28)20(18-13-11-10-12-14-18)27(16-9-7-2)22(29)19(17-32)26-23(30)31-24(3,4)5/h10-14,19-20,32H,6-9,15-17H2,1-5H3,(H,25,28)(H,26,30). The average molecular weight is 466 g/mol. The molecule has 0 aromatic heterocycles. The predicted octanol–water partition coefficient (Wildman–Crippen LogP) is 4.10. The third-order valence-corrected chi connectivity index (χ3v) is 5.08. The van der Waals surface area contributed by atoms with Gasteiger partial charge in [-0.05, 0) is 39.2 Å². The highest BCUT2D eigenvalue weighted by Gasteiger charge is 2.35. The maximum atomic E-state index is 13.6. The zero-order valence-electron chi connectivity index (χ0n) is 20.0. The Morgan fingerprint density at radius 1 is 1.06 bits per heavy atom. The van der Waals surface area contributed by atoms with Crippen LogP contribution in [0.1, 0.15) is 71.9 Å². The van der Waals surface area contributed by atoms with Crippen LogP contribution in [0.2, 0.25) is 0 Å². The van der Waals surface area contributed by atoms with E-state index in [0.717, 1.165) is 31.2 Å². The summed E-state index contributed by atoms with van der Waals surface area (Å²) in [5, 5.41) is 5.58. The van der Waals surface area contributed by atoms with E-state index in [0.29, 0.717) is 13.1 Å². The molecule has 0 aliphatic carbocycles. The van der Waals surface area contributed by atoms with Crippen molar-refractivity contribution in [3.05, 3.63) is 35.9 Å². The van der Waals surface area contributed by atoms with E-state index in [4.69, 9.17) is 4.74 Å². The van der Waals surface area contributed by atoms with Gasteiger partial charge in [-0.1, -0.05) is 57.0 Å². The second-order valence-corrected chi connectivity index (χ2v) is 9.09. The number of alkyl carbamates (subject to hydrolysis) is 1. The van der Waals surface area contributed by atoms with E-state index in [1.807, 2.05) is 37.3 Å². The number of unbranched alkanes of at least 4 members (excludes halogenated alkanes) is 2. The Morgan fingerprint density at radius 2 is 1.69 bits per heavy atom. The SMILES string of the molecule is CCCCNC(=O)C(c1ccccc1)N(CCCC)C(=O)C(CS)NC(=O)OC(C)(C)C. The molecule has 0 radical (unpaired) electrons. The van der Waals surface area contributed by atoms with Crippen molar-refractivity contribution in [2.24, 2.45) is 0 Å². The molecule has 0 heterocycles. The van der Waals surface area contributed by atoms with Crippen molar-refractivity contribution >= 4 is 30.5 Å². The van der Waals surface area contributed by atoms with Gasteiger partial charge in [0.25, 0.3) is 0 Å². The molecule has 1 aromatic rings. The summed E-state index contributed by atoms with van der Waals surface area (Å²) in [6.07, 6.45) is 2.70. The van der Waals surface area contributed by atoms with Crippen LogP contribution in [-0.4, -0.2) is 53.3 Å². The molecule has 0 spiro atoms. The molecule has 0 saturated carbocycles. The van der Waals surface area contributed by atoms with E-state index in [1.54, 1.807) is 25.7 Å². The summed E-state index contributed by atoms with van der Waals surface area (Å²) in [4.78, 5) is 40.6. The topological polar surface area (TPSA) is 87.7 Å². The van der Waals surface area contributed by atoms with Crippen LogP contribution < -0.4 is 10.6 Å². The van der Waals surface area contributed by atoms with Crippen LogP contribution in [0, 0.1) is 0 Å². The molecule has 2 N–H and O–H groups in total. The van der Waals surface area contributed by atoms with E-state index in [1.165, 1.54) is 0 Å². The molecule has 3 amide bonds. The van der Waals surface area contributed by atoms with Gasteiger partial charge in [0.15, 0.2) is 0 Å². The number of nitrogens with one attached hydrogen (secondary N) is 2. The van der Waals surface area contributed by atoms with Crippen LogP contribution in [0.25, 0.3) is 0 Å². The monoisotopic (exact) mass is 465 g/mol. The Hall–Kier alpha value is -2.22. The first kappa shape index (κ1) is 27.8. The Bertz CT molecular complexity index is 722. The second-order valence-electron chi connectivity index (χ2n) is 8.72. The lowest BCUT2D eigenvalue weighted by atomic mass is 10.0. The molecule has 0 aliphatic heterocycles. The predicted molar refractivity (Wildman–Crippen MR) is 131 cm³/mol. The van der Waals surface area contributed by atoms with Crippen LogP contribution in [0.5, 0.6) is 0 Å². The molecule has 180 valence electrons. The van der Waals surface area contributed by atoms with Crippen molar-refractivity contribution in [1.82, 2.24) is 15.5 Å². The average Bonchev–Trinajstić information content (AvgIpc) is 2.74. The lowest BCUT2D eigenvalue weighted by molar-refractivity contribution is -0.142. The Morgan fingerprint density at radius 3 is 2.22 bits per heavy atom. The Kier molecular flexibility index (Phi) is 12.2. The first-order valence-corrected chi connectivity index (χ1v) is 12.0. The van der Waals surface area contributed by atoms with Gasteiger partial charge >= 0.3 is 6.09 Å². The molecule has 0 aliphatic rings. The van der Waals surface area contributed by atoms with Gasteiger partial charge in [-0.2, -0.15) is 12.6 Å². The quantitative estimate of drug-likeness (QED) is 0.320. The fourth-order valence-corrected chi connectivity index (χ4v) is 3.37. The van der Waals surface area contributed by atoms with Crippen LogP contribution in [-0.2, 0) is 14.3 Å². The fourth-order valence-electron chi connectivity index (χ4n) is 3.12. The van der Waals surface area contributed by atoms with E-state index in [9.17, 15) is 14.4 Å². The summed E-state index contributed by atoms with van der Waals surface area (Å²) in [6, 6.07) is 7.53. The summed E-state index contributed by atoms with van der Waals surface area (Å²) >= 11 is 4.28. The second kappa shape index (κ2) is 14.0. The molecule has 0 bridgehead atoms. The van der Waals surface area contributed by atoms with E-state index in [2.05, 4.69) is 30.2 Å². The summed E-state index contributed by atoms with van der Waals surface area (Å²) in [5.74, 6) is -0.511. The van der Waals surface area contributed by atoms with Crippen molar-refractivity contribution in [2.75, 3.05) is 18.8 Å².